The molecule has 1 N–H and O–H groups in total. The molecule has 3 rings (SSSR count). The number of rotatable bonds is 4. The fourth-order valence-corrected chi connectivity index (χ4v) is 2.05. The normalized spacial score (nSPS) is 10.6. The quantitative estimate of drug-likeness (QED) is 0.799. The van der Waals surface area contributed by atoms with Crippen LogP contribution in [0.15, 0.2) is 47.0 Å². The highest BCUT2D eigenvalue weighted by molar-refractivity contribution is 5.95. The topological polar surface area (TPSA) is 71.3 Å². The first-order valence-electron chi connectivity index (χ1n) is 6.89. The predicted octanol–water partition coefficient (Wildman–Crippen LogP) is 2.22. The van der Waals surface area contributed by atoms with Crippen LogP contribution in [0.25, 0.3) is 11.0 Å². The Kier molecular flexibility index (Phi) is 3.74. The van der Waals surface area contributed by atoms with Crippen molar-refractivity contribution in [3.8, 4) is 0 Å². The molecule has 1 amide bonds. The van der Waals surface area contributed by atoms with E-state index in [2.05, 4.69) is 15.3 Å². The molecule has 112 valence electrons. The van der Waals surface area contributed by atoms with Crippen LogP contribution < -0.4 is 10.2 Å². The molecule has 2 heterocycles. The van der Waals surface area contributed by atoms with E-state index in [-0.39, 0.29) is 5.91 Å². The van der Waals surface area contributed by atoms with Crippen LogP contribution in [0.2, 0.25) is 0 Å². The Hall–Kier alpha value is -2.89. The highest BCUT2D eigenvalue weighted by Gasteiger charge is 2.12. The molecule has 0 spiro atoms. The first kappa shape index (κ1) is 14.1. The Balaban J connectivity index is 1.70. The standard InChI is InChI=1S/C16H16N4O2/c1-20(2)16-17-8-7-12(19-16)10-18-15(21)14-9-11-5-3-4-6-13(11)22-14/h3-9H,10H2,1-2H3,(H,18,21). The van der Waals surface area contributed by atoms with Crippen LogP contribution in [0.5, 0.6) is 0 Å². The van der Waals surface area contributed by atoms with Crippen molar-refractivity contribution in [3.05, 3.63) is 54.0 Å². The lowest BCUT2D eigenvalue weighted by Crippen LogP contribution is -2.23. The highest BCUT2D eigenvalue weighted by Crippen LogP contribution is 2.18. The zero-order chi connectivity index (χ0) is 15.5. The third kappa shape index (κ3) is 2.90. The average Bonchev–Trinajstić information content (AvgIpc) is 2.97. The molecule has 0 radical (unpaired) electrons. The summed E-state index contributed by atoms with van der Waals surface area (Å²) in [6.45, 7) is 0.319. The Morgan fingerprint density at radius 2 is 2.09 bits per heavy atom. The van der Waals surface area contributed by atoms with Gasteiger partial charge in [0, 0.05) is 25.7 Å². The number of carbonyl (C=O) groups is 1. The summed E-state index contributed by atoms with van der Waals surface area (Å²) in [7, 11) is 3.73. The summed E-state index contributed by atoms with van der Waals surface area (Å²) in [5.74, 6) is 0.639. The molecule has 6 heteroatoms. The van der Waals surface area contributed by atoms with Crippen molar-refractivity contribution in [2.24, 2.45) is 0 Å². The molecule has 0 aliphatic carbocycles. The molecular weight excluding hydrogens is 280 g/mol. The zero-order valence-corrected chi connectivity index (χ0v) is 12.4. The predicted molar refractivity (Wildman–Crippen MR) is 83.7 cm³/mol. The lowest BCUT2D eigenvalue weighted by molar-refractivity contribution is 0.0925. The molecule has 0 aliphatic rings. The molecule has 0 atom stereocenters. The fourth-order valence-electron chi connectivity index (χ4n) is 2.05. The van der Waals surface area contributed by atoms with Crippen LogP contribution in [0.4, 0.5) is 5.95 Å². The second-order valence-corrected chi connectivity index (χ2v) is 5.07. The van der Waals surface area contributed by atoms with Crippen molar-refractivity contribution in [2.75, 3.05) is 19.0 Å². The van der Waals surface area contributed by atoms with E-state index in [1.807, 2.05) is 43.3 Å². The van der Waals surface area contributed by atoms with Gasteiger partial charge in [-0.3, -0.25) is 4.79 Å². The largest absolute Gasteiger partial charge is 0.451 e. The van der Waals surface area contributed by atoms with E-state index in [1.54, 1.807) is 18.3 Å². The third-order valence-corrected chi connectivity index (χ3v) is 3.18. The van der Waals surface area contributed by atoms with Crippen LogP contribution >= 0.6 is 0 Å². The second kappa shape index (κ2) is 5.85. The van der Waals surface area contributed by atoms with Gasteiger partial charge >= 0.3 is 0 Å². The van der Waals surface area contributed by atoms with Gasteiger partial charge in [-0.1, -0.05) is 18.2 Å². The summed E-state index contributed by atoms with van der Waals surface area (Å²) in [5.41, 5.74) is 1.44. The van der Waals surface area contributed by atoms with E-state index in [1.165, 1.54) is 0 Å². The first-order valence-corrected chi connectivity index (χ1v) is 6.89. The summed E-state index contributed by atoms with van der Waals surface area (Å²) in [4.78, 5) is 22.4. The molecule has 22 heavy (non-hydrogen) atoms. The molecule has 0 fully saturated rings. The highest BCUT2D eigenvalue weighted by atomic mass is 16.3. The van der Waals surface area contributed by atoms with Crippen LogP contribution in [0.1, 0.15) is 16.2 Å². The zero-order valence-electron chi connectivity index (χ0n) is 12.4. The van der Waals surface area contributed by atoms with Gasteiger partial charge < -0.3 is 14.6 Å². The van der Waals surface area contributed by atoms with Crippen LogP contribution in [0, 0.1) is 0 Å². The number of furan rings is 1. The van der Waals surface area contributed by atoms with Crippen molar-refractivity contribution in [1.29, 1.82) is 0 Å². The number of aromatic nitrogens is 2. The number of anilines is 1. The Labute approximate surface area is 127 Å². The number of carbonyl (C=O) groups excluding carboxylic acids is 1. The summed E-state index contributed by atoms with van der Waals surface area (Å²) in [6.07, 6.45) is 1.67. The Morgan fingerprint density at radius 1 is 1.27 bits per heavy atom. The van der Waals surface area contributed by atoms with Crippen molar-refractivity contribution in [3.63, 3.8) is 0 Å². The minimum atomic E-state index is -0.263. The number of para-hydroxylation sites is 1. The van der Waals surface area contributed by atoms with Crippen LogP contribution in [-0.2, 0) is 6.54 Å². The van der Waals surface area contributed by atoms with E-state index in [0.29, 0.717) is 23.8 Å². The summed E-state index contributed by atoms with van der Waals surface area (Å²) in [5, 5.41) is 3.71. The lowest BCUT2D eigenvalue weighted by Gasteiger charge is -2.10. The van der Waals surface area contributed by atoms with Crippen LogP contribution in [-0.4, -0.2) is 30.0 Å². The molecule has 0 saturated carbocycles. The van der Waals surface area contributed by atoms with E-state index in [0.717, 1.165) is 11.1 Å². The monoisotopic (exact) mass is 296 g/mol. The molecule has 2 aromatic heterocycles. The van der Waals surface area contributed by atoms with E-state index in [9.17, 15) is 4.79 Å². The maximum atomic E-state index is 12.1. The molecule has 1 aromatic carbocycles. The number of fused-ring (bicyclic) bond motifs is 1. The number of nitrogens with zero attached hydrogens (tertiary/aromatic N) is 3. The Morgan fingerprint density at radius 3 is 2.86 bits per heavy atom. The van der Waals surface area contributed by atoms with E-state index in [4.69, 9.17) is 4.42 Å². The maximum Gasteiger partial charge on any atom is 0.287 e. The molecule has 0 saturated heterocycles. The minimum absolute atomic E-state index is 0.263. The van der Waals surface area contributed by atoms with E-state index >= 15 is 0 Å². The van der Waals surface area contributed by atoms with Crippen LogP contribution in [0.3, 0.4) is 0 Å². The smallest absolute Gasteiger partial charge is 0.287 e. The SMILES string of the molecule is CN(C)c1nccc(CNC(=O)c2cc3ccccc3o2)n1. The summed E-state index contributed by atoms with van der Waals surface area (Å²) >= 11 is 0. The van der Waals surface area contributed by atoms with Gasteiger partial charge in [-0.25, -0.2) is 9.97 Å². The van der Waals surface area contributed by atoms with Crippen molar-refractivity contribution in [2.45, 2.75) is 6.54 Å². The molecule has 3 aromatic rings. The van der Waals surface area contributed by atoms with Gasteiger partial charge in [0.1, 0.15) is 5.58 Å². The second-order valence-electron chi connectivity index (χ2n) is 5.07. The number of hydrogen-bond acceptors (Lipinski definition) is 5. The van der Waals surface area contributed by atoms with Gasteiger partial charge in [0.2, 0.25) is 5.95 Å². The summed E-state index contributed by atoms with van der Waals surface area (Å²) in [6, 6.07) is 11.0. The minimum Gasteiger partial charge on any atom is -0.451 e. The number of nitrogens with one attached hydrogen (secondary N) is 1. The number of amides is 1. The average molecular weight is 296 g/mol. The van der Waals surface area contributed by atoms with Gasteiger partial charge in [0.05, 0.1) is 12.2 Å². The van der Waals surface area contributed by atoms with Crippen molar-refractivity contribution < 1.29 is 9.21 Å². The number of hydrogen-bond donors (Lipinski definition) is 1. The maximum absolute atomic E-state index is 12.1. The van der Waals surface area contributed by atoms with Crippen molar-refractivity contribution >= 4 is 22.8 Å². The molecule has 6 nitrogen and oxygen atoms in total. The molecule has 0 bridgehead atoms. The van der Waals surface area contributed by atoms with Gasteiger partial charge in [-0.15, -0.1) is 0 Å². The molecular formula is C16H16N4O2. The van der Waals surface area contributed by atoms with Crippen molar-refractivity contribution in [1.82, 2.24) is 15.3 Å². The summed E-state index contributed by atoms with van der Waals surface area (Å²) < 4.78 is 5.53. The molecule has 0 unspecified atom stereocenters. The third-order valence-electron chi connectivity index (χ3n) is 3.18. The van der Waals surface area contributed by atoms with Gasteiger partial charge in [-0.2, -0.15) is 0 Å². The fraction of sp³-hybridized carbons (Fsp3) is 0.188. The lowest BCUT2D eigenvalue weighted by atomic mass is 10.2. The van der Waals surface area contributed by atoms with E-state index < -0.39 is 0 Å². The van der Waals surface area contributed by atoms with Gasteiger partial charge in [0.15, 0.2) is 5.76 Å². The molecule has 0 aliphatic heterocycles. The van der Waals surface area contributed by atoms with Gasteiger partial charge in [-0.05, 0) is 18.2 Å². The number of benzene rings is 1. The Bertz CT molecular complexity index is 778. The van der Waals surface area contributed by atoms with Gasteiger partial charge in [0.25, 0.3) is 5.91 Å². The first-order chi connectivity index (χ1) is 10.6.